The first-order valence-electron chi connectivity index (χ1n) is 6.70. The maximum atomic E-state index is 12.0. The number of benzene rings is 1. The lowest BCUT2D eigenvalue weighted by Gasteiger charge is -2.18. The van der Waals surface area contributed by atoms with E-state index in [0.717, 1.165) is 12.0 Å². The smallest absolute Gasteiger partial charge is 0.189 e. The molecule has 21 heavy (non-hydrogen) atoms. The highest BCUT2D eigenvalue weighted by Gasteiger charge is 2.20. The van der Waals surface area contributed by atoms with Crippen LogP contribution in [0, 0.1) is 0 Å². The molecule has 0 bridgehead atoms. The number of nitrogens with zero attached hydrogens (tertiary/aromatic N) is 2. The molecule has 0 N–H and O–H groups in total. The van der Waals surface area contributed by atoms with Crippen molar-refractivity contribution in [2.24, 2.45) is 0 Å². The molecule has 2 rings (SSSR count). The number of hydrogen-bond donors (Lipinski definition) is 0. The Balaban J connectivity index is 2.23. The van der Waals surface area contributed by atoms with Crippen molar-refractivity contribution < 1.29 is 4.79 Å². The van der Waals surface area contributed by atoms with Crippen molar-refractivity contribution >= 4 is 40.1 Å². The summed E-state index contributed by atoms with van der Waals surface area (Å²) in [5, 5.41) is 1.30. The quantitative estimate of drug-likeness (QED) is 0.741. The van der Waals surface area contributed by atoms with Crippen LogP contribution >= 0.6 is 35.0 Å². The molecule has 112 valence electrons. The summed E-state index contributed by atoms with van der Waals surface area (Å²) in [5.74, 6) is 0. The topological polar surface area (TPSA) is 34.9 Å². The van der Waals surface area contributed by atoms with Crippen molar-refractivity contribution in [3.05, 3.63) is 52.5 Å². The number of rotatable bonds is 6. The van der Waals surface area contributed by atoms with Gasteiger partial charge in [-0.25, -0.2) is 4.98 Å². The second-order valence-electron chi connectivity index (χ2n) is 4.65. The van der Waals surface area contributed by atoms with Crippen LogP contribution in [0.1, 0.15) is 30.6 Å². The maximum Gasteiger partial charge on any atom is 0.189 e. The second-order valence-corrected chi connectivity index (χ2v) is 6.76. The Morgan fingerprint density at radius 2 is 2.24 bits per heavy atom. The van der Waals surface area contributed by atoms with Gasteiger partial charge in [0.1, 0.15) is 0 Å². The molecule has 1 atom stereocenters. The van der Waals surface area contributed by atoms with Gasteiger partial charge in [-0.05, 0) is 24.1 Å². The highest BCUT2D eigenvalue weighted by atomic mass is 35.5. The van der Waals surface area contributed by atoms with Crippen molar-refractivity contribution in [3.8, 4) is 0 Å². The molecule has 0 aliphatic rings. The van der Waals surface area contributed by atoms with Crippen LogP contribution < -0.4 is 0 Å². The van der Waals surface area contributed by atoms with Crippen molar-refractivity contribution in [1.29, 1.82) is 0 Å². The lowest BCUT2D eigenvalue weighted by Crippen LogP contribution is -2.08. The fourth-order valence-corrected chi connectivity index (χ4v) is 3.79. The van der Waals surface area contributed by atoms with Crippen molar-refractivity contribution in [2.45, 2.75) is 31.6 Å². The summed E-state index contributed by atoms with van der Waals surface area (Å²) < 4.78 is 1.95. The molecule has 0 saturated heterocycles. The van der Waals surface area contributed by atoms with E-state index in [1.165, 1.54) is 11.8 Å². The largest absolute Gasteiger partial charge is 0.336 e. The van der Waals surface area contributed by atoms with Crippen LogP contribution in [-0.4, -0.2) is 14.7 Å². The van der Waals surface area contributed by atoms with Gasteiger partial charge < -0.3 is 4.57 Å². The predicted molar refractivity (Wildman–Crippen MR) is 88.9 cm³/mol. The van der Waals surface area contributed by atoms with E-state index in [4.69, 9.17) is 23.2 Å². The summed E-state index contributed by atoms with van der Waals surface area (Å²) in [4.78, 5) is 16.0. The second kappa shape index (κ2) is 7.87. The molecule has 1 heterocycles. The number of halogens is 2. The lowest BCUT2D eigenvalue weighted by atomic mass is 10.1. The average molecular weight is 343 g/mol. The molecule has 0 amide bonds. The summed E-state index contributed by atoms with van der Waals surface area (Å²) in [6.07, 6.45) is 6.75. The molecule has 3 nitrogen and oxygen atoms in total. The van der Waals surface area contributed by atoms with Gasteiger partial charge in [-0.1, -0.05) is 48.0 Å². The van der Waals surface area contributed by atoms with Crippen LogP contribution in [0.15, 0.2) is 36.9 Å². The zero-order chi connectivity index (χ0) is 15.2. The van der Waals surface area contributed by atoms with Gasteiger partial charge >= 0.3 is 0 Å². The first-order chi connectivity index (χ1) is 10.1. The molecule has 2 aromatic rings. The maximum absolute atomic E-state index is 12.0. The molecule has 1 unspecified atom stereocenters. The minimum atomic E-state index is -0.0528. The first kappa shape index (κ1) is 16.4. The number of aromatic nitrogens is 2. The van der Waals surface area contributed by atoms with Gasteiger partial charge in [0, 0.05) is 35.4 Å². The Morgan fingerprint density at radius 1 is 1.43 bits per heavy atom. The monoisotopic (exact) mass is 342 g/mol. The third-order valence-electron chi connectivity index (χ3n) is 2.97. The normalized spacial score (nSPS) is 12.3. The van der Waals surface area contributed by atoms with E-state index in [0.29, 0.717) is 23.0 Å². The van der Waals surface area contributed by atoms with Gasteiger partial charge in [-0.15, -0.1) is 0 Å². The lowest BCUT2D eigenvalue weighted by molar-refractivity contribution is -0.111. The van der Waals surface area contributed by atoms with Crippen molar-refractivity contribution in [2.75, 3.05) is 0 Å². The van der Waals surface area contributed by atoms with Crippen LogP contribution in [0.3, 0.4) is 0 Å². The highest BCUT2D eigenvalue weighted by molar-refractivity contribution is 8.13. The fourth-order valence-electron chi connectivity index (χ4n) is 1.97. The molecular weight excluding hydrogens is 327 g/mol. The van der Waals surface area contributed by atoms with E-state index in [-0.39, 0.29) is 10.4 Å². The number of hydrogen-bond acceptors (Lipinski definition) is 3. The average Bonchev–Trinajstić information content (AvgIpc) is 2.91. The van der Waals surface area contributed by atoms with Gasteiger partial charge in [0.05, 0.1) is 11.6 Å². The van der Waals surface area contributed by atoms with Crippen molar-refractivity contribution in [3.63, 3.8) is 0 Å². The number of carbonyl (C=O) groups excluding carboxylic acids is 1. The van der Waals surface area contributed by atoms with Crippen molar-refractivity contribution in [1.82, 2.24) is 9.55 Å². The molecule has 1 aromatic heterocycles. The Hall–Kier alpha value is -0.970. The van der Waals surface area contributed by atoms with Crippen LogP contribution in [0.25, 0.3) is 0 Å². The number of imidazole rings is 1. The summed E-state index contributed by atoms with van der Waals surface area (Å²) in [5.41, 5.74) is 0.921. The molecule has 0 radical (unpaired) electrons. The predicted octanol–water partition coefficient (Wildman–Crippen LogP) is 4.99. The van der Waals surface area contributed by atoms with E-state index in [2.05, 4.69) is 4.98 Å². The standard InChI is InChI=1S/C15H16Cl2N2OS/c1-2-3-15(20)21-14(9-19-7-6-18-10-19)12-5-4-11(16)8-13(12)17/h4-8,10,14H,2-3,9H2,1H3. The van der Waals surface area contributed by atoms with Crippen LogP contribution in [0.4, 0.5) is 0 Å². The summed E-state index contributed by atoms with van der Waals surface area (Å²) in [6, 6.07) is 5.40. The third-order valence-corrected chi connectivity index (χ3v) is 4.69. The first-order valence-corrected chi connectivity index (χ1v) is 8.34. The molecule has 0 fully saturated rings. The zero-order valence-corrected chi connectivity index (χ0v) is 14.0. The third kappa shape index (κ3) is 4.77. The minimum Gasteiger partial charge on any atom is -0.336 e. The summed E-state index contributed by atoms with van der Waals surface area (Å²) in [7, 11) is 0. The van der Waals surface area contributed by atoms with E-state index >= 15 is 0 Å². The minimum absolute atomic E-state index is 0.0528. The van der Waals surface area contributed by atoms with E-state index in [9.17, 15) is 4.79 Å². The number of thioether (sulfide) groups is 1. The summed E-state index contributed by atoms with van der Waals surface area (Å²) in [6.45, 7) is 2.64. The van der Waals surface area contributed by atoms with Crippen LogP contribution in [-0.2, 0) is 11.3 Å². The van der Waals surface area contributed by atoms with E-state index in [1.807, 2.05) is 23.8 Å². The Kier molecular flexibility index (Phi) is 6.15. The Labute approximate surface area is 138 Å². The Bertz CT molecular complexity index is 602. The van der Waals surface area contributed by atoms with E-state index in [1.54, 1.807) is 24.7 Å². The van der Waals surface area contributed by atoms with Gasteiger partial charge in [0.2, 0.25) is 0 Å². The van der Waals surface area contributed by atoms with Crippen LogP contribution in [0.5, 0.6) is 0 Å². The molecule has 6 heteroatoms. The van der Waals surface area contributed by atoms with Gasteiger partial charge in [-0.3, -0.25) is 4.79 Å². The zero-order valence-electron chi connectivity index (χ0n) is 11.6. The Morgan fingerprint density at radius 3 is 2.86 bits per heavy atom. The molecule has 0 spiro atoms. The fraction of sp³-hybridized carbons (Fsp3) is 0.333. The molecule has 0 saturated carbocycles. The molecule has 1 aromatic carbocycles. The number of carbonyl (C=O) groups is 1. The SMILES string of the molecule is CCCC(=O)SC(Cn1ccnc1)c1ccc(Cl)cc1Cl. The molecule has 0 aliphatic carbocycles. The molecule has 0 aliphatic heterocycles. The van der Waals surface area contributed by atoms with Gasteiger partial charge in [0.15, 0.2) is 5.12 Å². The van der Waals surface area contributed by atoms with Gasteiger partial charge in [0.25, 0.3) is 0 Å². The van der Waals surface area contributed by atoms with E-state index < -0.39 is 0 Å². The molecular formula is C15H16Cl2N2OS. The van der Waals surface area contributed by atoms with Gasteiger partial charge in [-0.2, -0.15) is 0 Å². The van der Waals surface area contributed by atoms with Crippen LogP contribution in [0.2, 0.25) is 10.0 Å². The highest BCUT2D eigenvalue weighted by Crippen LogP contribution is 2.37. The summed E-state index contributed by atoms with van der Waals surface area (Å²) >= 11 is 13.6.